The smallest absolute Gasteiger partial charge is 0.265 e. The summed E-state index contributed by atoms with van der Waals surface area (Å²) in [5.41, 5.74) is 2.95. The molecule has 1 N–H and O–H groups in total. The Kier molecular flexibility index (Phi) is 3.86. The van der Waals surface area contributed by atoms with E-state index in [1.54, 1.807) is 16.0 Å². The summed E-state index contributed by atoms with van der Waals surface area (Å²) in [4.78, 5) is 14.6. The van der Waals surface area contributed by atoms with E-state index in [4.69, 9.17) is 0 Å². The summed E-state index contributed by atoms with van der Waals surface area (Å²) in [6, 6.07) is 9.50. The summed E-state index contributed by atoms with van der Waals surface area (Å²) >= 11 is 1.62. The molecule has 1 atom stereocenters. The molecule has 1 aliphatic rings. The first-order chi connectivity index (χ1) is 11.7. The molecule has 2 aromatic heterocycles. The largest absolute Gasteiger partial charge is 0.321 e. The van der Waals surface area contributed by atoms with Gasteiger partial charge < -0.3 is 5.32 Å². The number of anilines is 1. The van der Waals surface area contributed by atoms with Gasteiger partial charge in [0.2, 0.25) is 0 Å². The average Bonchev–Trinajstić information content (AvgIpc) is 3.24. The monoisotopic (exact) mass is 339 g/mol. The van der Waals surface area contributed by atoms with Crippen LogP contribution in [0.25, 0.3) is 5.69 Å². The van der Waals surface area contributed by atoms with Crippen LogP contribution in [0.1, 0.15) is 33.5 Å². The third kappa shape index (κ3) is 2.94. The van der Waals surface area contributed by atoms with Gasteiger partial charge in [-0.15, -0.1) is 16.4 Å². The molecule has 24 heavy (non-hydrogen) atoms. The number of aryl methyl sites for hydroxylation is 1. The highest BCUT2D eigenvalue weighted by Crippen LogP contribution is 2.32. The molecule has 3 aromatic rings. The number of nitrogens with zero attached hydrogens (tertiary/aromatic N) is 4. The van der Waals surface area contributed by atoms with Crippen LogP contribution in [0.15, 0.2) is 36.7 Å². The van der Waals surface area contributed by atoms with Gasteiger partial charge in [-0.1, -0.05) is 6.92 Å². The van der Waals surface area contributed by atoms with Gasteiger partial charge in [-0.3, -0.25) is 4.79 Å². The van der Waals surface area contributed by atoms with Gasteiger partial charge in [0.15, 0.2) is 0 Å². The number of carbonyl (C=O) groups excluding carboxylic acids is 1. The number of carbonyl (C=O) groups is 1. The zero-order chi connectivity index (χ0) is 16.5. The zero-order valence-electron chi connectivity index (χ0n) is 13.3. The summed E-state index contributed by atoms with van der Waals surface area (Å²) in [5.74, 6) is 0.666. The van der Waals surface area contributed by atoms with Crippen molar-refractivity contribution in [3.8, 4) is 5.69 Å². The van der Waals surface area contributed by atoms with Crippen LogP contribution in [0.2, 0.25) is 0 Å². The molecule has 4 rings (SSSR count). The third-order valence-corrected chi connectivity index (χ3v) is 5.53. The van der Waals surface area contributed by atoms with Gasteiger partial charge >= 0.3 is 0 Å². The molecule has 0 aliphatic heterocycles. The van der Waals surface area contributed by atoms with Crippen LogP contribution in [-0.2, 0) is 12.8 Å². The number of amides is 1. The Morgan fingerprint density at radius 1 is 1.33 bits per heavy atom. The highest BCUT2D eigenvalue weighted by atomic mass is 32.1. The van der Waals surface area contributed by atoms with Crippen LogP contribution in [-0.4, -0.2) is 26.1 Å². The quantitative estimate of drug-likeness (QED) is 0.796. The summed E-state index contributed by atoms with van der Waals surface area (Å²) in [7, 11) is 0. The average molecular weight is 339 g/mol. The molecule has 0 saturated carbocycles. The van der Waals surface area contributed by atoms with Gasteiger partial charge in [0.05, 0.1) is 10.6 Å². The number of nitrogens with one attached hydrogen (secondary N) is 1. The van der Waals surface area contributed by atoms with Crippen molar-refractivity contribution in [2.75, 3.05) is 5.32 Å². The SMILES string of the molecule is CC1CCc2sc(C(=O)Nc3ccc(-n4cnnn4)cc3)cc2C1. The summed E-state index contributed by atoms with van der Waals surface area (Å²) < 4.78 is 1.57. The standard InChI is InChI=1S/C17H17N5OS/c1-11-2-7-15-12(8-11)9-16(24-15)17(23)19-13-3-5-14(6-4-13)22-10-18-20-21-22/h3-6,9-11H,2,7-8H2,1H3,(H,19,23). The highest BCUT2D eigenvalue weighted by Gasteiger charge is 2.20. The lowest BCUT2D eigenvalue weighted by Gasteiger charge is -2.16. The van der Waals surface area contributed by atoms with Crippen LogP contribution >= 0.6 is 11.3 Å². The maximum absolute atomic E-state index is 12.5. The lowest BCUT2D eigenvalue weighted by molar-refractivity contribution is 0.103. The fourth-order valence-corrected chi connectivity index (χ4v) is 4.09. The zero-order valence-corrected chi connectivity index (χ0v) is 14.1. The maximum Gasteiger partial charge on any atom is 0.265 e. The molecule has 7 heteroatoms. The Morgan fingerprint density at radius 3 is 2.92 bits per heavy atom. The number of benzene rings is 1. The second kappa shape index (κ2) is 6.16. The Morgan fingerprint density at radius 2 is 2.17 bits per heavy atom. The van der Waals surface area contributed by atoms with Crippen LogP contribution in [0, 0.1) is 5.92 Å². The first kappa shape index (κ1) is 15.0. The van der Waals surface area contributed by atoms with Gasteiger partial charge in [-0.2, -0.15) is 0 Å². The number of tetrazole rings is 1. The van der Waals surface area contributed by atoms with Gasteiger partial charge in [0.1, 0.15) is 6.33 Å². The lowest BCUT2D eigenvalue weighted by Crippen LogP contribution is -2.10. The number of aromatic nitrogens is 4. The third-order valence-electron chi connectivity index (χ3n) is 4.29. The van der Waals surface area contributed by atoms with E-state index < -0.39 is 0 Å². The fraction of sp³-hybridized carbons (Fsp3) is 0.294. The van der Waals surface area contributed by atoms with Crippen LogP contribution in [0.4, 0.5) is 5.69 Å². The number of hydrogen-bond acceptors (Lipinski definition) is 5. The molecule has 1 aromatic carbocycles. The van der Waals surface area contributed by atoms with E-state index in [2.05, 4.69) is 33.8 Å². The van der Waals surface area contributed by atoms with Crippen molar-refractivity contribution < 1.29 is 4.79 Å². The Hall–Kier alpha value is -2.54. The van der Waals surface area contributed by atoms with Crippen LogP contribution < -0.4 is 5.32 Å². The number of thiophene rings is 1. The molecule has 122 valence electrons. The van der Waals surface area contributed by atoms with E-state index in [-0.39, 0.29) is 5.91 Å². The van der Waals surface area contributed by atoms with Crippen molar-refractivity contribution in [3.05, 3.63) is 52.0 Å². The predicted octanol–water partition coefficient (Wildman–Crippen LogP) is 3.10. The molecule has 0 saturated heterocycles. The predicted molar refractivity (Wildman–Crippen MR) is 92.6 cm³/mol. The Labute approximate surface area is 143 Å². The van der Waals surface area contributed by atoms with Crippen molar-refractivity contribution in [2.45, 2.75) is 26.2 Å². The maximum atomic E-state index is 12.5. The van der Waals surface area contributed by atoms with E-state index in [9.17, 15) is 4.79 Å². The van der Waals surface area contributed by atoms with Crippen molar-refractivity contribution in [3.63, 3.8) is 0 Å². The van der Waals surface area contributed by atoms with E-state index >= 15 is 0 Å². The van der Waals surface area contributed by atoms with Gasteiger partial charge in [0, 0.05) is 10.6 Å². The molecule has 1 unspecified atom stereocenters. The lowest BCUT2D eigenvalue weighted by atomic mass is 9.90. The number of hydrogen-bond donors (Lipinski definition) is 1. The number of fused-ring (bicyclic) bond motifs is 1. The van der Waals surface area contributed by atoms with Gasteiger partial charge in [-0.25, -0.2) is 4.68 Å². The molecule has 1 aliphatic carbocycles. The second-order valence-corrected chi connectivity index (χ2v) is 7.30. The topological polar surface area (TPSA) is 72.7 Å². The minimum atomic E-state index is -0.0442. The molecule has 1 amide bonds. The van der Waals surface area contributed by atoms with Gasteiger partial charge in [0.25, 0.3) is 5.91 Å². The summed E-state index contributed by atoms with van der Waals surface area (Å²) in [5, 5.41) is 14.0. The van der Waals surface area contributed by atoms with Crippen molar-refractivity contribution in [1.29, 1.82) is 0 Å². The molecule has 2 heterocycles. The van der Waals surface area contributed by atoms with Crippen molar-refractivity contribution in [2.24, 2.45) is 5.92 Å². The molecule has 0 bridgehead atoms. The van der Waals surface area contributed by atoms with E-state index in [0.717, 1.165) is 29.1 Å². The van der Waals surface area contributed by atoms with Crippen molar-refractivity contribution >= 4 is 22.9 Å². The molecular weight excluding hydrogens is 322 g/mol. The Bertz CT molecular complexity index is 854. The fourth-order valence-electron chi connectivity index (χ4n) is 2.99. The van der Waals surface area contributed by atoms with E-state index in [1.165, 1.54) is 23.2 Å². The summed E-state index contributed by atoms with van der Waals surface area (Å²) in [6.45, 7) is 2.27. The van der Waals surface area contributed by atoms with Gasteiger partial charge in [-0.05, 0) is 71.5 Å². The van der Waals surface area contributed by atoms with Crippen LogP contribution in [0.5, 0.6) is 0 Å². The molecule has 0 spiro atoms. The second-order valence-electron chi connectivity index (χ2n) is 6.16. The minimum absolute atomic E-state index is 0.0442. The molecule has 6 nitrogen and oxygen atoms in total. The van der Waals surface area contributed by atoms with Crippen LogP contribution in [0.3, 0.4) is 0 Å². The van der Waals surface area contributed by atoms with Crippen molar-refractivity contribution in [1.82, 2.24) is 20.2 Å². The number of rotatable bonds is 3. The minimum Gasteiger partial charge on any atom is -0.321 e. The first-order valence-corrected chi connectivity index (χ1v) is 8.77. The normalized spacial score (nSPS) is 16.6. The summed E-state index contributed by atoms with van der Waals surface area (Å²) in [6.07, 6.45) is 4.92. The van der Waals surface area contributed by atoms with E-state index in [0.29, 0.717) is 5.92 Å². The van der Waals surface area contributed by atoms with E-state index in [1.807, 2.05) is 24.3 Å². The Balaban J connectivity index is 1.48. The first-order valence-electron chi connectivity index (χ1n) is 7.95. The highest BCUT2D eigenvalue weighted by molar-refractivity contribution is 7.14. The molecule has 0 fully saturated rings. The molecule has 0 radical (unpaired) electrons. The molecular formula is C17H17N5OS.